The lowest BCUT2D eigenvalue weighted by atomic mass is 10.2. The lowest BCUT2D eigenvalue weighted by Gasteiger charge is -2.22. The monoisotopic (exact) mass is 433 g/mol. The first-order chi connectivity index (χ1) is 13.5. The first-order valence-corrected chi connectivity index (χ1v) is 9.20. The van der Waals surface area contributed by atoms with Crippen LogP contribution < -0.4 is 20.7 Å². The summed E-state index contributed by atoms with van der Waals surface area (Å²) >= 11 is 6.12. The van der Waals surface area contributed by atoms with Crippen LogP contribution in [0.25, 0.3) is 0 Å². The minimum absolute atomic E-state index is 0.00764. The summed E-state index contributed by atoms with van der Waals surface area (Å²) in [6.45, 7) is -0.623. The maximum Gasteiger partial charge on any atom is 0.320 e. The second-order valence-electron chi connectivity index (χ2n) is 6.92. The molecule has 11 heteroatoms. The normalized spacial score (nSPS) is 16.1. The van der Waals surface area contributed by atoms with Crippen LogP contribution in [0.1, 0.15) is 18.9 Å². The Hall–Kier alpha value is -2.49. The Kier molecular flexibility index (Phi) is 5.92. The summed E-state index contributed by atoms with van der Waals surface area (Å²) in [5, 5.41) is 3.46. The summed E-state index contributed by atoms with van der Waals surface area (Å²) in [6, 6.07) is 6.67. The summed E-state index contributed by atoms with van der Waals surface area (Å²) < 4.78 is 58.6. The van der Waals surface area contributed by atoms with E-state index in [0.717, 1.165) is 5.56 Å². The molecule has 1 aromatic carbocycles. The number of anilines is 3. The van der Waals surface area contributed by atoms with Gasteiger partial charge in [0.15, 0.2) is 18.2 Å². The van der Waals surface area contributed by atoms with Crippen molar-refractivity contribution in [2.45, 2.75) is 31.7 Å². The summed E-state index contributed by atoms with van der Waals surface area (Å²) in [6.07, 6.45) is -0.359. The molecule has 0 saturated carbocycles. The molecule has 1 saturated heterocycles. The third-order valence-corrected chi connectivity index (χ3v) is 4.60. The molecule has 0 bridgehead atoms. The second kappa shape index (κ2) is 8.10. The standard InChI is InChI=1S/C18H20ClF4N5O/c1-17(20,21)10-29-16-26-14(25-8-11-4-2-3-5-12(11)19)13(24)15(27-16)28-7-6-18(22,23)9-28/h2-5H,6-10,24H2,1H3,(H,25,26,27). The zero-order chi connectivity index (χ0) is 21.2. The Morgan fingerprint density at radius 1 is 1.31 bits per heavy atom. The Labute approximate surface area is 170 Å². The number of aromatic nitrogens is 2. The van der Waals surface area contributed by atoms with Crippen molar-refractivity contribution in [3.8, 4) is 6.01 Å². The van der Waals surface area contributed by atoms with Crippen LogP contribution >= 0.6 is 11.6 Å². The number of halogens is 5. The first-order valence-electron chi connectivity index (χ1n) is 8.82. The van der Waals surface area contributed by atoms with E-state index in [1.165, 1.54) is 4.90 Å². The van der Waals surface area contributed by atoms with E-state index >= 15 is 0 Å². The fourth-order valence-electron chi connectivity index (χ4n) is 2.81. The number of nitrogens with one attached hydrogen (secondary N) is 1. The van der Waals surface area contributed by atoms with Crippen LogP contribution in [0, 0.1) is 0 Å². The van der Waals surface area contributed by atoms with Gasteiger partial charge in [-0.2, -0.15) is 9.97 Å². The number of nitrogens with two attached hydrogens (primary N) is 1. The second-order valence-corrected chi connectivity index (χ2v) is 7.33. The molecule has 2 heterocycles. The van der Waals surface area contributed by atoms with Gasteiger partial charge in [-0.15, -0.1) is 0 Å². The smallest absolute Gasteiger partial charge is 0.320 e. The van der Waals surface area contributed by atoms with Gasteiger partial charge in [-0.3, -0.25) is 0 Å². The summed E-state index contributed by atoms with van der Waals surface area (Å²) in [5.41, 5.74) is 6.85. The molecule has 1 aromatic heterocycles. The van der Waals surface area contributed by atoms with Crippen LogP contribution in [-0.2, 0) is 6.54 Å². The molecule has 6 nitrogen and oxygen atoms in total. The fourth-order valence-corrected chi connectivity index (χ4v) is 3.01. The van der Waals surface area contributed by atoms with Gasteiger partial charge in [0.25, 0.3) is 11.8 Å². The molecule has 0 radical (unpaired) electrons. The number of nitrogen functional groups attached to an aromatic ring is 1. The predicted octanol–water partition coefficient (Wildman–Crippen LogP) is 4.20. The van der Waals surface area contributed by atoms with Crippen LogP contribution in [0.5, 0.6) is 6.01 Å². The molecule has 29 heavy (non-hydrogen) atoms. The Balaban J connectivity index is 1.88. The van der Waals surface area contributed by atoms with E-state index in [4.69, 9.17) is 22.1 Å². The fraction of sp³-hybridized carbons (Fsp3) is 0.444. The van der Waals surface area contributed by atoms with Crippen LogP contribution in [0.15, 0.2) is 24.3 Å². The molecule has 0 atom stereocenters. The lowest BCUT2D eigenvalue weighted by Crippen LogP contribution is -2.27. The number of rotatable bonds is 7. The van der Waals surface area contributed by atoms with Gasteiger partial charge >= 0.3 is 6.01 Å². The third kappa shape index (κ3) is 5.53. The van der Waals surface area contributed by atoms with E-state index in [9.17, 15) is 17.6 Å². The van der Waals surface area contributed by atoms with Gasteiger partial charge in [0.05, 0.1) is 6.54 Å². The zero-order valence-electron chi connectivity index (χ0n) is 15.6. The molecule has 3 N–H and O–H groups in total. The van der Waals surface area contributed by atoms with Crippen LogP contribution in [0.2, 0.25) is 5.02 Å². The van der Waals surface area contributed by atoms with Crippen LogP contribution in [-0.4, -0.2) is 41.5 Å². The maximum atomic E-state index is 13.6. The number of alkyl halides is 4. The van der Waals surface area contributed by atoms with Crippen molar-refractivity contribution in [3.63, 3.8) is 0 Å². The summed E-state index contributed by atoms with van der Waals surface area (Å²) in [7, 11) is 0. The van der Waals surface area contributed by atoms with Gasteiger partial charge in [0, 0.05) is 31.5 Å². The van der Waals surface area contributed by atoms with Crippen molar-refractivity contribution in [1.82, 2.24) is 9.97 Å². The Bertz CT molecular complexity index is 878. The Morgan fingerprint density at radius 3 is 2.66 bits per heavy atom. The molecule has 0 amide bonds. The van der Waals surface area contributed by atoms with Gasteiger partial charge in [0.2, 0.25) is 0 Å². The topological polar surface area (TPSA) is 76.3 Å². The minimum Gasteiger partial charge on any atom is -0.457 e. The van der Waals surface area contributed by atoms with E-state index in [1.807, 2.05) is 0 Å². The number of hydrogen-bond donors (Lipinski definition) is 2. The summed E-state index contributed by atoms with van der Waals surface area (Å²) in [5.74, 6) is -5.91. The number of ether oxygens (including phenoxy) is 1. The SMILES string of the molecule is CC(F)(F)COc1nc(NCc2ccccc2Cl)c(N)c(N2CCC(F)(F)C2)n1. The van der Waals surface area contributed by atoms with Crippen molar-refractivity contribution in [2.75, 3.05) is 35.6 Å². The van der Waals surface area contributed by atoms with E-state index in [0.29, 0.717) is 11.9 Å². The molecule has 0 aliphatic carbocycles. The van der Waals surface area contributed by atoms with Crippen LogP contribution in [0.4, 0.5) is 34.9 Å². The minimum atomic E-state index is -3.11. The quantitative estimate of drug-likeness (QED) is 0.637. The van der Waals surface area contributed by atoms with Gasteiger partial charge in [-0.1, -0.05) is 29.8 Å². The highest BCUT2D eigenvalue weighted by molar-refractivity contribution is 6.31. The highest BCUT2D eigenvalue weighted by Crippen LogP contribution is 2.36. The lowest BCUT2D eigenvalue weighted by molar-refractivity contribution is -0.0255. The average molecular weight is 434 g/mol. The zero-order valence-corrected chi connectivity index (χ0v) is 16.3. The van der Waals surface area contributed by atoms with Crippen LogP contribution in [0.3, 0.4) is 0 Å². The van der Waals surface area contributed by atoms with E-state index < -0.39 is 25.0 Å². The number of benzene rings is 1. The third-order valence-electron chi connectivity index (χ3n) is 4.23. The first kappa shape index (κ1) is 21.2. The van der Waals surface area contributed by atoms with Gasteiger partial charge < -0.3 is 20.7 Å². The van der Waals surface area contributed by atoms with E-state index in [2.05, 4.69) is 15.3 Å². The van der Waals surface area contributed by atoms with Crippen molar-refractivity contribution in [3.05, 3.63) is 34.9 Å². The molecule has 0 spiro atoms. The van der Waals surface area contributed by atoms with Crippen molar-refractivity contribution >= 4 is 28.9 Å². The molecule has 0 unspecified atom stereocenters. The Morgan fingerprint density at radius 2 is 2.03 bits per heavy atom. The number of nitrogens with zero attached hydrogens (tertiary/aromatic N) is 3. The number of hydrogen-bond acceptors (Lipinski definition) is 6. The molecule has 1 aliphatic rings. The highest BCUT2D eigenvalue weighted by atomic mass is 35.5. The van der Waals surface area contributed by atoms with Gasteiger partial charge in [0.1, 0.15) is 5.69 Å². The predicted molar refractivity (Wildman–Crippen MR) is 103 cm³/mol. The van der Waals surface area contributed by atoms with Crippen molar-refractivity contribution in [2.24, 2.45) is 0 Å². The molecule has 1 fully saturated rings. The highest BCUT2D eigenvalue weighted by Gasteiger charge is 2.40. The average Bonchev–Trinajstić information content (AvgIpc) is 3.00. The molecule has 1 aliphatic heterocycles. The van der Waals surface area contributed by atoms with Crippen molar-refractivity contribution < 1.29 is 22.3 Å². The summed E-state index contributed by atoms with van der Waals surface area (Å²) in [4.78, 5) is 9.31. The van der Waals surface area contributed by atoms with Gasteiger partial charge in [-0.25, -0.2) is 17.6 Å². The van der Waals surface area contributed by atoms with Crippen molar-refractivity contribution in [1.29, 1.82) is 0 Å². The van der Waals surface area contributed by atoms with E-state index in [-0.39, 0.29) is 42.8 Å². The largest absolute Gasteiger partial charge is 0.457 e. The molecular weight excluding hydrogens is 414 g/mol. The molecule has 2 aromatic rings. The molecular formula is C18H20ClF4N5O. The molecule has 3 rings (SSSR count). The van der Waals surface area contributed by atoms with Gasteiger partial charge in [-0.05, 0) is 11.6 Å². The maximum absolute atomic E-state index is 13.6. The molecule has 158 valence electrons. The van der Waals surface area contributed by atoms with E-state index in [1.54, 1.807) is 24.3 Å².